The van der Waals surface area contributed by atoms with Crippen molar-refractivity contribution in [3.8, 4) is 23.0 Å². The van der Waals surface area contributed by atoms with Crippen molar-refractivity contribution in [2.45, 2.75) is 5.92 Å². The van der Waals surface area contributed by atoms with Crippen LogP contribution in [0, 0.1) is 0 Å². The number of amides is 2. The van der Waals surface area contributed by atoms with Gasteiger partial charge in [0.1, 0.15) is 5.92 Å². The summed E-state index contributed by atoms with van der Waals surface area (Å²) < 4.78 is 22.4. The van der Waals surface area contributed by atoms with Gasteiger partial charge in [0, 0.05) is 27.3 Å². The molecule has 0 spiro atoms. The Kier molecular flexibility index (Phi) is 7.67. The normalized spacial score (nSPS) is 14.3. The van der Waals surface area contributed by atoms with Gasteiger partial charge in [-0.3, -0.25) is 19.2 Å². The number of nitrogens with zero attached hydrogens (tertiary/aromatic N) is 2. The zero-order valence-electron chi connectivity index (χ0n) is 25.3. The Labute approximate surface area is 291 Å². The van der Waals surface area contributed by atoms with Crippen molar-refractivity contribution < 1.29 is 38.1 Å². The first-order valence-electron chi connectivity index (χ1n) is 14.1. The van der Waals surface area contributed by atoms with Gasteiger partial charge in [0.05, 0.1) is 76.6 Å². The predicted octanol–water partition coefficient (Wildman–Crippen LogP) is 8.00. The number of imide groups is 1. The molecule has 7 rings (SSSR count). The first-order valence-corrected chi connectivity index (χ1v) is 15.6. The molecule has 1 aliphatic carbocycles. The topological polar surface area (TPSA) is 121 Å². The van der Waals surface area contributed by atoms with Crippen molar-refractivity contribution in [2.75, 3.05) is 33.3 Å². The first kappa shape index (κ1) is 32.0. The lowest BCUT2D eigenvalue weighted by Gasteiger charge is -2.19. The fourth-order valence-corrected chi connectivity index (χ4v) is 7.38. The van der Waals surface area contributed by atoms with E-state index in [0.29, 0.717) is 16.2 Å². The Morgan fingerprint density at radius 2 is 1.10 bits per heavy atom. The summed E-state index contributed by atoms with van der Waals surface area (Å²) in [4.78, 5) is 60.9. The molecule has 0 bridgehead atoms. The van der Waals surface area contributed by atoms with Crippen LogP contribution in [-0.2, 0) is 0 Å². The number of para-hydroxylation sites is 1. The number of rotatable bonds is 6. The highest BCUT2D eigenvalue weighted by Crippen LogP contribution is 2.53. The van der Waals surface area contributed by atoms with E-state index in [1.165, 1.54) is 34.5 Å². The third kappa shape index (κ3) is 4.23. The molecule has 0 saturated heterocycles. The van der Waals surface area contributed by atoms with Crippen molar-refractivity contribution in [1.29, 1.82) is 0 Å². The number of anilines is 1. The lowest BCUT2D eigenvalue weighted by Crippen LogP contribution is -2.30. The molecule has 0 N–H and O–H groups in total. The summed E-state index contributed by atoms with van der Waals surface area (Å²) in [5.74, 6) is -2.83. The van der Waals surface area contributed by atoms with Crippen molar-refractivity contribution in [1.82, 2.24) is 4.98 Å². The fraction of sp³-hybridized carbons (Fsp3) is 0.147. The highest BCUT2D eigenvalue weighted by Gasteiger charge is 2.44. The monoisotopic (exact) mass is 724 g/mol. The van der Waals surface area contributed by atoms with Gasteiger partial charge in [-0.05, 0) is 24.3 Å². The number of aromatic nitrogens is 1. The fourth-order valence-electron chi connectivity index (χ4n) is 6.36. The molecule has 2 heterocycles. The van der Waals surface area contributed by atoms with Crippen LogP contribution in [0.25, 0.3) is 21.7 Å². The number of fused-ring (bicyclic) bond motifs is 4. The Bertz CT molecular complexity index is 2220. The van der Waals surface area contributed by atoms with Gasteiger partial charge in [-0.15, -0.1) is 0 Å². The Morgan fingerprint density at radius 3 is 1.56 bits per heavy atom. The number of ketones is 2. The molecular formula is C34H20Cl4N2O8. The second kappa shape index (κ2) is 11.5. The van der Waals surface area contributed by atoms with Crippen LogP contribution in [0.1, 0.15) is 53.0 Å². The third-order valence-electron chi connectivity index (χ3n) is 8.50. The molecule has 0 saturated carbocycles. The zero-order chi connectivity index (χ0) is 34.3. The molecule has 0 atom stereocenters. The van der Waals surface area contributed by atoms with E-state index in [9.17, 15) is 19.2 Å². The highest BCUT2D eigenvalue weighted by molar-refractivity contribution is 6.56. The molecule has 0 radical (unpaired) electrons. The number of carbonyl (C=O) groups excluding carboxylic acids is 4. The molecule has 5 aromatic rings. The largest absolute Gasteiger partial charge is 0.492 e. The third-order valence-corrected chi connectivity index (χ3v) is 10.3. The number of methoxy groups -OCH3 is 4. The van der Waals surface area contributed by atoms with Crippen molar-refractivity contribution in [3.05, 3.63) is 90.5 Å². The zero-order valence-corrected chi connectivity index (χ0v) is 28.3. The average Bonchev–Trinajstić information content (AvgIpc) is 3.50. The molecule has 4 aromatic carbocycles. The predicted molar refractivity (Wildman–Crippen MR) is 181 cm³/mol. The molecule has 10 nitrogen and oxygen atoms in total. The van der Waals surface area contributed by atoms with Crippen molar-refractivity contribution in [3.63, 3.8) is 0 Å². The summed E-state index contributed by atoms with van der Waals surface area (Å²) in [5, 5.41) is 0.685. The Hall–Kier alpha value is -4.61. The molecule has 14 heteroatoms. The van der Waals surface area contributed by atoms with Crippen molar-refractivity contribution in [2.24, 2.45) is 0 Å². The number of hydrogen-bond donors (Lipinski definition) is 0. The maximum absolute atomic E-state index is 14.0. The van der Waals surface area contributed by atoms with Crippen LogP contribution in [0.3, 0.4) is 0 Å². The summed E-state index contributed by atoms with van der Waals surface area (Å²) in [7, 11) is 5.78. The average molecular weight is 726 g/mol. The Morgan fingerprint density at radius 1 is 0.625 bits per heavy atom. The molecule has 1 aliphatic heterocycles. The van der Waals surface area contributed by atoms with Crippen LogP contribution in [0.15, 0.2) is 42.5 Å². The van der Waals surface area contributed by atoms with Gasteiger partial charge in [-0.2, -0.15) is 0 Å². The number of benzene rings is 4. The molecule has 48 heavy (non-hydrogen) atoms. The minimum atomic E-state index is -1.32. The van der Waals surface area contributed by atoms with Crippen molar-refractivity contribution >= 4 is 97.1 Å². The van der Waals surface area contributed by atoms with E-state index < -0.39 is 29.3 Å². The van der Waals surface area contributed by atoms with Gasteiger partial charge in [0.25, 0.3) is 11.8 Å². The van der Waals surface area contributed by atoms with Gasteiger partial charge in [0.15, 0.2) is 23.1 Å². The summed E-state index contributed by atoms with van der Waals surface area (Å²) >= 11 is 25.1. The van der Waals surface area contributed by atoms with Gasteiger partial charge in [-0.1, -0.05) is 64.6 Å². The van der Waals surface area contributed by atoms with Crippen LogP contribution in [0.2, 0.25) is 20.1 Å². The van der Waals surface area contributed by atoms with Crippen LogP contribution < -0.4 is 23.8 Å². The number of pyridine rings is 1. The Balaban J connectivity index is 1.37. The van der Waals surface area contributed by atoms with Crippen LogP contribution in [0.4, 0.5) is 5.69 Å². The number of halogens is 4. The standard InChI is InChI=1S/C34H20Cl4N2O8/c1-45-29-15-10-13-14(11-16(15)30(46-2)32(48-4)31(29)47-3)28(42)19(27(13)41)17-9-8-12-6-5-7-18(26(12)39-17)40-33(43)20-21(34(40)44)23(36)25(38)24(37)22(20)35/h5-11,19H,1-4H3. The highest BCUT2D eigenvalue weighted by atomic mass is 35.5. The second-order valence-electron chi connectivity index (χ2n) is 10.8. The summed E-state index contributed by atoms with van der Waals surface area (Å²) in [5.41, 5.74) is 0.271. The van der Waals surface area contributed by atoms with Crippen LogP contribution in [0.5, 0.6) is 23.0 Å². The molecule has 2 amide bonds. The van der Waals surface area contributed by atoms with E-state index in [4.69, 9.17) is 70.3 Å². The van der Waals surface area contributed by atoms with Gasteiger partial charge < -0.3 is 18.9 Å². The number of ether oxygens (including phenoxy) is 4. The summed E-state index contributed by atoms with van der Waals surface area (Å²) in [6.45, 7) is 0. The number of Topliss-reactive ketones (excluding diaryl/α,β-unsaturated/α-hetero) is 2. The van der Waals surface area contributed by atoms with E-state index in [1.807, 2.05) is 0 Å². The number of hydrogen-bond acceptors (Lipinski definition) is 9. The first-order chi connectivity index (χ1) is 23.0. The quantitative estimate of drug-likeness (QED) is 0.0742. The molecule has 2 aliphatic rings. The van der Waals surface area contributed by atoms with Gasteiger partial charge in [-0.25, -0.2) is 9.88 Å². The molecule has 242 valence electrons. The van der Waals surface area contributed by atoms with E-state index >= 15 is 0 Å². The lowest BCUT2D eigenvalue weighted by molar-refractivity contribution is 0.0882. The smallest absolute Gasteiger partial charge is 0.267 e. The minimum Gasteiger partial charge on any atom is -0.492 e. The van der Waals surface area contributed by atoms with Gasteiger partial charge in [0.2, 0.25) is 11.5 Å². The summed E-state index contributed by atoms with van der Waals surface area (Å²) in [6.07, 6.45) is 0. The van der Waals surface area contributed by atoms with Crippen LogP contribution >= 0.6 is 46.4 Å². The van der Waals surface area contributed by atoms with E-state index in [-0.39, 0.29) is 82.2 Å². The van der Waals surface area contributed by atoms with E-state index in [2.05, 4.69) is 0 Å². The van der Waals surface area contributed by atoms with E-state index in [0.717, 1.165) is 4.90 Å². The second-order valence-corrected chi connectivity index (χ2v) is 12.3. The van der Waals surface area contributed by atoms with E-state index in [1.54, 1.807) is 36.4 Å². The van der Waals surface area contributed by atoms with Crippen LogP contribution in [-0.4, -0.2) is 56.8 Å². The number of carbonyl (C=O) groups is 4. The SMILES string of the molecule is COc1c(OC)c(OC)c2cc3c(cc2c1OC)C(=O)C(c1ccc2cccc(N4C(=O)c5c(Cl)c(Cl)c(Cl)c(Cl)c5C4=O)c2n1)C3=O. The summed E-state index contributed by atoms with van der Waals surface area (Å²) in [6, 6.07) is 11.2. The lowest BCUT2D eigenvalue weighted by atomic mass is 9.98. The van der Waals surface area contributed by atoms with Gasteiger partial charge >= 0.3 is 0 Å². The maximum atomic E-state index is 14.0. The molecule has 0 fully saturated rings. The molecule has 1 aromatic heterocycles. The maximum Gasteiger partial charge on any atom is 0.267 e. The molecule has 0 unspecified atom stereocenters. The minimum absolute atomic E-state index is 0.0785. The molecular weight excluding hydrogens is 706 g/mol.